The lowest BCUT2D eigenvalue weighted by Gasteiger charge is -2.16. The van der Waals surface area contributed by atoms with Gasteiger partial charge in [0.25, 0.3) is 0 Å². The van der Waals surface area contributed by atoms with Crippen molar-refractivity contribution in [3.05, 3.63) is 35.9 Å². The van der Waals surface area contributed by atoms with E-state index >= 15 is 0 Å². The highest BCUT2D eigenvalue weighted by Crippen LogP contribution is 2.24. The van der Waals surface area contributed by atoms with Gasteiger partial charge in [-0.25, -0.2) is 0 Å². The van der Waals surface area contributed by atoms with Crippen molar-refractivity contribution < 1.29 is 4.74 Å². The summed E-state index contributed by atoms with van der Waals surface area (Å²) in [7, 11) is 1.79. The van der Waals surface area contributed by atoms with Crippen molar-refractivity contribution in [1.82, 2.24) is 5.32 Å². The molecule has 2 atom stereocenters. The third-order valence-corrected chi connectivity index (χ3v) is 2.69. The molecule has 0 spiro atoms. The highest BCUT2D eigenvalue weighted by atomic mass is 16.5. The summed E-state index contributed by atoms with van der Waals surface area (Å²) in [5.74, 6) is 0.520. The molecule has 1 aromatic rings. The van der Waals surface area contributed by atoms with Gasteiger partial charge >= 0.3 is 0 Å². The van der Waals surface area contributed by atoms with Crippen molar-refractivity contribution >= 4 is 0 Å². The van der Waals surface area contributed by atoms with E-state index < -0.39 is 0 Å². The van der Waals surface area contributed by atoms with Gasteiger partial charge in [-0.2, -0.15) is 0 Å². The van der Waals surface area contributed by atoms with Crippen LogP contribution in [0.15, 0.2) is 30.3 Å². The molecule has 1 aliphatic heterocycles. The molecule has 2 nitrogen and oxygen atoms in total. The minimum atomic E-state index is 0.336. The number of hydrogen-bond donors (Lipinski definition) is 1. The molecular weight excluding hydrogens is 162 g/mol. The zero-order valence-corrected chi connectivity index (χ0v) is 7.86. The van der Waals surface area contributed by atoms with Crippen LogP contribution >= 0.6 is 0 Å². The first-order chi connectivity index (χ1) is 6.42. The molecule has 2 heteroatoms. The van der Waals surface area contributed by atoms with Gasteiger partial charge in [0.2, 0.25) is 0 Å². The van der Waals surface area contributed by atoms with Crippen molar-refractivity contribution in [2.75, 3.05) is 20.2 Å². The highest BCUT2D eigenvalue weighted by molar-refractivity contribution is 5.22. The summed E-state index contributed by atoms with van der Waals surface area (Å²) < 4.78 is 5.42. The second-order valence-corrected chi connectivity index (χ2v) is 3.45. The molecule has 1 heterocycles. The van der Waals surface area contributed by atoms with Crippen molar-refractivity contribution in [1.29, 1.82) is 0 Å². The lowest BCUT2D eigenvalue weighted by molar-refractivity contribution is 0.106. The van der Waals surface area contributed by atoms with Crippen LogP contribution in [-0.4, -0.2) is 26.3 Å². The van der Waals surface area contributed by atoms with E-state index in [1.807, 2.05) is 6.07 Å². The van der Waals surface area contributed by atoms with Gasteiger partial charge < -0.3 is 10.1 Å². The molecule has 1 saturated heterocycles. The number of ether oxygens (including phenoxy) is 1. The van der Waals surface area contributed by atoms with Gasteiger partial charge in [-0.05, 0) is 5.56 Å². The van der Waals surface area contributed by atoms with E-state index in [0.29, 0.717) is 12.0 Å². The fourth-order valence-corrected chi connectivity index (χ4v) is 1.94. The van der Waals surface area contributed by atoms with Gasteiger partial charge in [0.15, 0.2) is 0 Å². The van der Waals surface area contributed by atoms with Gasteiger partial charge in [-0.15, -0.1) is 0 Å². The molecule has 0 amide bonds. The molecule has 1 aliphatic rings. The maximum Gasteiger partial charge on any atom is 0.0776 e. The molecule has 1 aromatic carbocycles. The second kappa shape index (κ2) is 3.90. The van der Waals surface area contributed by atoms with Crippen LogP contribution in [-0.2, 0) is 4.74 Å². The van der Waals surface area contributed by atoms with E-state index in [2.05, 4.69) is 29.6 Å². The van der Waals surface area contributed by atoms with Gasteiger partial charge in [0.1, 0.15) is 0 Å². The lowest BCUT2D eigenvalue weighted by Crippen LogP contribution is -2.19. The zero-order chi connectivity index (χ0) is 9.10. The molecule has 0 radical (unpaired) electrons. The first-order valence-corrected chi connectivity index (χ1v) is 4.70. The van der Waals surface area contributed by atoms with Gasteiger partial charge in [-0.1, -0.05) is 30.3 Å². The maximum absolute atomic E-state index is 5.42. The predicted molar refractivity (Wildman–Crippen MR) is 52.8 cm³/mol. The molecule has 0 saturated carbocycles. The molecule has 70 valence electrons. The molecule has 0 unspecified atom stereocenters. The summed E-state index contributed by atoms with van der Waals surface area (Å²) in [6, 6.07) is 10.6. The number of benzene rings is 1. The van der Waals surface area contributed by atoms with Gasteiger partial charge in [0.05, 0.1) is 6.10 Å². The molecule has 1 N–H and O–H groups in total. The topological polar surface area (TPSA) is 21.3 Å². The van der Waals surface area contributed by atoms with E-state index in [1.54, 1.807) is 7.11 Å². The smallest absolute Gasteiger partial charge is 0.0776 e. The molecule has 1 fully saturated rings. The standard InChI is InChI=1S/C11H15NO/c1-13-11-8-12-7-10(11)9-5-3-2-4-6-9/h2-6,10-12H,7-8H2,1H3/t10-,11-/m1/s1. The van der Waals surface area contributed by atoms with Crippen LogP contribution in [0.2, 0.25) is 0 Å². The minimum Gasteiger partial charge on any atom is -0.379 e. The van der Waals surface area contributed by atoms with Crippen LogP contribution in [0.25, 0.3) is 0 Å². The molecule has 2 rings (SSSR count). The van der Waals surface area contributed by atoms with Crippen molar-refractivity contribution in [3.8, 4) is 0 Å². The fourth-order valence-electron chi connectivity index (χ4n) is 1.94. The Labute approximate surface area is 78.9 Å². The summed E-state index contributed by atoms with van der Waals surface area (Å²) in [6.07, 6.45) is 0.336. The van der Waals surface area contributed by atoms with Crippen LogP contribution in [0.5, 0.6) is 0 Å². The van der Waals surface area contributed by atoms with Crippen molar-refractivity contribution in [2.24, 2.45) is 0 Å². The Morgan fingerprint density at radius 1 is 1.23 bits per heavy atom. The summed E-state index contributed by atoms with van der Waals surface area (Å²) >= 11 is 0. The Bertz CT molecular complexity index is 260. The number of nitrogens with one attached hydrogen (secondary N) is 1. The lowest BCUT2D eigenvalue weighted by atomic mass is 9.96. The van der Waals surface area contributed by atoms with E-state index in [0.717, 1.165) is 13.1 Å². The summed E-state index contributed by atoms with van der Waals surface area (Å²) in [6.45, 7) is 2.00. The quantitative estimate of drug-likeness (QED) is 0.737. The highest BCUT2D eigenvalue weighted by Gasteiger charge is 2.27. The molecule has 0 bridgehead atoms. The van der Waals surface area contributed by atoms with Gasteiger partial charge in [-0.3, -0.25) is 0 Å². The van der Waals surface area contributed by atoms with Gasteiger partial charge in [0, 0.05) is 26.1 Å². The number of hydrogen-bond acceptors (Lipinski definition) is 2. The number of methoxy groups -OCH3 is 1. The number of rotatable bonds is 2. The fraction of sp³-hybridized carbons (Fsp3) is 0.455. The maximum atomic E-state index is 5.42. The Balaban J connectivity index is 2.16. The Kier molecular flexibility index (Phi) is 2.62. The van der Waals surface area contributed by atoms with Crippen molar-refractivity contribution in [3.63, 3.8) is 0 Å². The minimum absolute atomic E-state index is 0.336. The van der Waals surface area contributed by atoms with E-state index in [9.17, 15) is 0 Å². The van der Waals surface area contributed by atoms with Crippen molar-refractivity contribution in [2.45, 2.75) is 12.0 Å². The molecule has 0 aromatic heterocycles. The average molecular weight is 177 g/mol. The van der Waals surface area contributed by atoms with Crippen LogP contribution in [0, 0.1) is 0 Å². The molecule has 13 heavy (non-hydrogen) atoms. The Hall–Kier alpha value is -0.860. The largest absolute Gasteiger partial charge is 0.379 e. The molecule has 0 aliphatic carbocycles. The molecular formula is C11H15NO. The summed E-state index contributed by atoms with van der Waals surface area (Å²) in [5.41, 5.74) is 1.37. The Morgan fingerprint density at radius 3 is 2.69 bits per heavy atom. The summed E-state index contributed by atoms with van der Waals surface area (Å²) in [4.78, 5) is 0. The van der Waals surface area contributed by atoms with Crippen LogP contribution < -0.4 is 5.32 Å². The van der Waals surface area contributed by atoms with E-state index in [-0.39, 0.29) is 0 Å². The van der Waals surface area contributed by atoms with Crippen LogP contribution in [0.1, 0.15) is 11.5 Å². The normalized spacial score (nSPS) is 27.8. The van der Waals surface area contributed by atoms with E-state index in [4.69, 9.17) is 4.74 Å². The summed E-state index contributed by atoms with van der Waals surface area (Å²) in [5, 5.41) is 3.35. The zero-order valence-electron chi connectivity index (χ0n) is 7.86. The second-order valence-electron chi connectivity index (χ2n) is 3.45. The van der Waals surface area contributed by atoms with E-state index in [1.165, 1.54) is 5.56 Å². The monoisotopic (exact) mass is 177 g/mol. The first kappa shape index (κ1) is 8.73. The van der Waals surface area contributed by atoms with Crippen LogP contribution in [0.4, 0.5) is 0 Å². The third kappa shape index (κ3) is 1.74. The average Bonchev–Trinajstić information content (AvgIpc) is 2.67. The predicted octanol–water partition coefficient (Wildman–Crippen LogP) is 1.39. The SMILES string of the molecule is CO[C@@H]1CNC[C@@H]1c1ccccc1. The van der Waals surface area contributed by atoms with Crippen LogP contribution in [0.3, 0.4) is 0 Å². The third-order valence-electron chi connectivity index (χ3n) is 2.69. The first-order valence-electron chi connectivity index (χ1n) is 4.70. The Morgan fingerprint density at radius 2 is 2.00 bits per heavy atom.